The van der Waals surface area contributed by atoms with Gasteiger partial charge in [-0.15, -0.1) is 0 Å². The minimum Gasteiger partial charge on any atom is -0.383 e. The predicted molar refractivity (Wildman–Crippen MR) is 58.5 cm³/mol. The van der Waals surface area contributed by atoms with Crippen molar-refractivity contribution in [3.05, 3.63) is 28.8 Å². The Bertz CT molecular complexity index is 339. The van der Waals surface area contributed by atoms with Crippen molar-refractivity contribution in [1.82, 2.24) is 0 Å². The summed E-state index contributed by atoms with van der Waals surface area (Å²) < 4.78 is 0. The number of hydrogen-bond donors (Lipinski definition) is 2. The van der Waals surface area contributed by atoms with E-state index in [0.29, 0.717) is 18.0 Å². The summed E-state index contributed by atoms with van der Waals surface area (Å²) in [6.45, 7) is 2.48. The van der Waals surface area contributed by atoms with Gasteiger partial charge in [-0.2, -0.15) is 0 Å². The number of carbonyl (C=O) groups excluding carboxylic acids is 1. The number of nitrogens with one attached hydrogen (secondary N) is 1. The van der Waals surface area contributed by atoms with Gasteiger partial charge < -0.3 is 11.1 Å². The lowest BCUT2D eigenvalue weighted by Crippen LogP contribution is -2.15. The Morgan fingerprint density at radius 2 is 2.29 bits per heavy atom. The van der Waals surface area contributed by atoms with Crippen LogP contribution >= 0.6 is 11.6 Å². The molecule has 1 aromatic rings. The van der Waals surface area contributed by atoms with Gasteiger partial charge in [0.1, 0.15) is 0 Å². The molecule has 1 amide bonds. The molecule has 0 bridgehead atoms. The number of amides is 1. The number of rotatable bonds is 4. The number of nitrogens with two attached hydrogens (primary N) is 1. The average molecular weight is 213 g/mol. The van der Waals surface area contributed by atoms with Crippen molar-refractivity contribution < 1.29 is 4.79 Å². The van der Waals surface area contributed by atoms with Gasteiger partial charge in [0.2, 0.25) is 5.91 Å². The van der Waals surface area contributed by atoms with Gasteiger partial charge in [-0.1, -0.05) is 17.7 Å². The summed E-state index contributed by atoms with van der Waals surface area (Å²) in [5.41, 5.74) is 6.95. The van der Waals surface area contributed by atoms with Gasteiger partial charge in [0, 0.05) is 13.0 Å². The highest BCUT2D eigenvalue weighted by molar-refractivity contribution is 6.33. The second kappa shape index (κ2) is 4.86. The smallest absolute Gasteiger partial charge is 0.219 e. The average Bonchev–Trinajstić information content (AvgIpc) is 2.08. The fraction of sp³-hybridized carbons (Fsp3) is 0.300. The van der Waals surface area contributed by atoms with E-state index in [1.54, 1.807) is 0 Å². The van der Waals surface area contributed by atoms with E-state index in [9.17, 15) is 4.79 Å². The van der Waals surface area contributed by atoms with E-state index in [0.717, 1.165) is 11.3 Å². The minimum atomic E-state index is -0.319. The molecule has 0 saturated heterocycles. The molecule has 0 atom stereocenters. The van der Waals surface area contributed by atoms with E-state index in [2.05, 4.69) is 5.32 Å². The molecule has 1 rings (SSSR count). The molecule has 0 saturated carbocycles. The highest BCUT2D eigenvalue weighted by Gasteiger charge is 2.00. The zero-order valence-corrected chi connectivity index (χ0v) is 8.77. The first-order chi connectivity index (χ1) is 6.59. The van der Waals surface area contributed by atoms with Gasteiger partial charge in [-0.3, -0.25) is 4.79 Å². The Morgan fingerprint density at radius 1 is 1.57 bits per heavy atom. The van der Waals surface area contributed by atoms with Gasteiger partial charge in [-0.05, 0) is 24.6 Å². The molecule has 0 heterocycles. The Kier molecular flexibility index (Phi) is 3.77. The monoisotopic (exact) mass is 212 g/mol. The third kappa shape index (κ3) is 3.26. The Hall–Kier alpha value is -1.22. The van der Waals surface area contributed by atoms with Crippen LogP contribution in [-0.4, -0.2) is 12.5 Å². The quantitative estimate of drug-likeness (QED) is 0.802. The lowest BCUT2D eigenvalue weighted by Gasteiger charge is -2.07. The number of carbonyl (C=O) groups is 1. The molecule has 4 heteroatoms. The SMILES string of the molecule is Cc1ccc(NCCC(N)=O)c(Cl)c1. The first-order valence-corrected chi connectivity index (χ1v) is 4.75. The summed E-state index contributed by atoms with van der Waals surface area (Å²) in [4.78, 5) is 10.5. The molecule has 3 N–H and O–H groups in total. The maximum atomic E-state index is 10.5. The number of aryl methyl sites for hydroxylation is 1. The third-order valence-corrected chi connectivity index (χ3v) is 2.12. The first kappa shape index (κ1) is 10.9. The Labute approximate surface area is 88.2 Å². The van der Waals surface area contributed by atoms with Crippen LogP contribution in [0.5, 0.6) is 0 Å². The van der Waals surface area contributed by atoms with Gasteiger partial charge in [0.05, 0.1) is 10.7 Å². The van der Waals surface area contributed by atoms with Crippen molar-refractivity contribution in [2.24, 2.45) is 5.73 Å². The molecular formula is C10H13ClN2O. The maximum absolute atomic E-state index is 10.5. The summed E-state index contributed by atoms with van der Waals surface area (Å²) in [5.74, 6) is -0.319. The molecule has 3 nitrogen and oxygen atoms in total. The van der Waals surface area contributed by atoms with Crippen molar-refractivity contribution in [1.29, 1.82) is 0 Å². The number of hydrogen-bond acceptors (Lipinski definition) is 2. The minimum absolute atomic E-state index is 0.310. The second-order valence-corrected chi connectivity index (χ2v) is 3.53. The van der Waals surface area contributed by atoms with Crippen molar-refractivity contribution in [2.45, 2.75) is 13.3 Å². The van der Waals surface area contributed by atoms with Gasteiger partial charge in [0.25, 0.3) is 0 Å². The molecule has 0 aliphatic heterocycles. The van der Waals surface area contributed by atoms with Crippen molar-refractivity contribution in [3.8, 4) is 0 Å². The topological polar surface area (TPSA) is 55.1 Å². The van der Waals surface area contributed by atoms with E-state index in [4.69, 9.17) is 17.3 Å². The van der Waals surface area contributed by atoms with Crippen LogP contribution in [0.15, 0.2) is 18.2 Å². The fourth-order valence-electron chi connectivity index (χ4n) is 1.08. The van der Waals surface area contributed by atoms with Crippen LogP contribution in [0.2, 0.25) is 5.02 Å². The van der Waals surface area contributed by atoms with E-state index < -0.39 is 0 Å². The normalized spacial score (nSPS) is 9.86. The summed E-state index contributed by atoms with van der Waals surface area (Å²) in [6.07, 6.45) is 0.310. The molecule has 0 aliphatic rings. The number of anilines is 1. The lowest BCUT2D eigenvalue weighted by molar-refractivity contribution is -0.117. The molecule has 0 spiro atoms. The highest BCUT2D eigenvalue weighted by atomic mass is 35.5. The molecule has 0 fully saturated rings. The van der Waals surface area contributed by atoms with Crippen LogP contribution in [0, 0.1) is 6.92 Å². The maximum Gasteiger partial charge on any atom is 0.219 e. The standard InChI is InChI=1S/C10H13ClN2O/c1-7-2-3-9(8(11)6-7)13-5-4-10(12)14/h2-3,6,13H,4-5H2,1H3,(H2,12,14). The molecule has 0 aromatic heterocycles. The van der Waals surface area contributed by atoms with Crippen LogP contribution in [0.25, 0.3) is 0 Å². The summed E-state index contributed by atoms with van der Waals surface area (Å²) in [5, 5.41) is 3.70. The van der Waals surface area contributed by atoms with Gasteiger partial charge in [0.15, 0.2) is 0 Å². The molecule has 0 unspecified atom stereocenters. The van der Waals surface area contributed by atoms with E-state index in [1.165, 1.54) is 0 Å². The van der Waals surface area contributed by atoms with Crippen LogP contribution in [0.3, 0.4) is 0 Å². The van der Waals surface area contributed by atoms with Crippen molar-refractivity contribution in [2.75, 3.05) is 11.9 Å². The largest absolute Gasteiger partial charge is 0.383 e. The van der Waals surface area contributed by atoms with Crippen molar-refractivity contribution in [3.63, 3.8) is 0 Å². The van der Waals surface area contributed by atoms with E-state index >= 15 is 0 Å². The zero-order valence-electron chi connectivity index (χ0n) is 8.01. The number of benzene rings is 1. The fourth-order valence-corrected chi connectivity index (χ4v) is 1.39. The highest BCUT2D eigenvalue weighted by Crippen LogP contribution is 2.22. The summed E-state index contributed by atoms with van der Waals surface area (Å²) in [6, 6.07) is 5.71. The zero-order chi connectivity index (χ0) is 10.6. The predicted octanol–water partition coefficient (Wildman–Crippen LogP) is 1.94. The molecule has 76 valence electrons. The third-order valence-electron chi connectivity index (χ3n) is 1.81. The summed E-state index contributed by atoms with van der Waals surface area (Å²) in [7, 11) is 0. The Morgan fingerprint density at radius 3 is 2.86 bits per heavy atom. The molecule has 14 heavy (non-hydrogen) atoms. The molecular weight excluding hydrogens is 200 g/mol. The van der Waals surface area contributed by atoms with Crippen LogP contribution < -0.4 is 11.1 Å². The van der Waals surface area contributed by atoms with Crippen LogP contribution in [-0.2, 0) is 4.79 Å². The van der Waals surface area contributed by atoms with Crippen LogP contribution in [0.4, 0.5) is 5.69 Å². The molecule has 1 aromatic carbocycles. The van der Waals surface area contributed by atoms with E-state index in [1.807, 2.05) is 25.1 Å². The number of primary amides is 1. The number of halogens is 1. The summed E-state index contributed by atoms with van der Waals surface area (Å²) >= 11 is 5.97. The van der Waals surface area contributed by atoms with Crippen molar-refractivity contribution >= 4 is 23.2 Å². The lowest BCUT2D eigenvalue weighted by atomic mass is 10.2. The molecule has 0 radical (unpaired) electrons. The van der Waals surface area contributed by atoms with Gasteiger partial charge >= 0.3 is 0 Å². The Balaban J connectivity index is 2.55. The van der Waals surface area contributed by atoms with E-state index in [-0.39, 0.29) is 5.91 Å². The van der Waals surface area contributed by atoms with Crippen LogP contribution in [0.1, 0.15) is 12.0 Å². The molecule has 0 aliphatic carbocycles. The van der Waals surface area contributed by atoms with Gasteiger partial charge in [-0.25, -0.2) is 0 Å². The second-order valence-electron chi connectivity index (χ2n) is 3.13. The first-order valence-electron chi connectivity index (χ1n) is 4.38.